The van der Waals surface area contributed by atoms with E-state index in [1.807, 2.05) is 13.1 Å². The van der Waals surface area contributed by atoms with E-state index in [9.17, 15) is 4.39 Å². The van der Waals surface area contributed by atoms with Crippen LogP contribution in [-0.2, 0) is 0 Å². The fraction of sp³-hybridized carbons (Fsp3) is 0.500. The molecule has 88 valence electrons. The maximum Gasteiger partial charge on any atom is 0.148 e. The van der Waals surface area contributed by atoms with Crippen LogP contribution in [0.15, 0.2) is 18.2 Å². The Morgan fingerprint density at radius 2 is 2.25 bits per heavy atom. The smallest absolute Gasteiger partial charge is 0.148 e. The zero-order valence-electron chi connectivity index (χ0n) is 9.78. The predicted octanol–water partition coefficient (Wildman–Crippen LogP) is 1.55. The molecule has 16 heavy (non-hydrogen) atoms. The van der Waals surface area contributed by atoms with Gasteiger partial charge in [0.25, 0.3) is 0 Å². The number of nitrogen functional groups attached to an aromatic ring is 1. The van der Waals surface area contributed by atoms with Gasteiger partial charge in [0.05, 0.1) is 11.4 Å². The van der Waals surface area contributed by atoms with E-state index >= 15 is 0 Å². The third-order valence-electron chi connectivity index (χ3n) is 3.32. The van der Waals surface area contributed by atoms with Crippen LogP contribution in [0, 0.1) is 5.82 Å². The first-order valence-corrected chi connectivity index (χ1v) is 5.55. The molecular weight excluding hydrogens is 205 g/mol. The molecular formula is C12H18FN3. The Morgan fingerprint density at radius 1 is 1.50 bits per heavy atom. The topological polar surface area (TPSA) is 32.5 Å². The van der Waals surface area contributed by atoms with Crippen LogP contribution in [0.1, 0.15) is 6.42 Å². The summed E-state index contributed by atoms with van der Waals surface area (Å²) in [6.07, 6.45) is 1.10. The highest BCUT2D eigenvalue weighted by molar-refractivity contribution is 5.68. The van der Waals surface area contributed by atoms with Crippen molar-refractivity contribution in [3.8, 4) is 0 Å². The van der Waals surface area contributed by atoms with Gasteiger partial charge in [0, 0.05) is 19.6 Å². The zero-order valence-corrected chi connectivity index (χ0v) is 9.78. The summed E-state index contributed by atoms with van der Waals surface area (Å²) in [6, 6.07) is 5.40. The molecule has 1 atom stereocenters. The minimum Gasteiger partial charge on any atom is -0.395 e. The lowest BCUT2D eigenvalue weighted by Crippen LogP contribution is -2.34. The van der Waals surface area contributed by atoms with Crippen molar-refractivity contribution < 1.29 is 4.39 Å². The van der Waals surface area contributed by atoms with Gasteiger partial charge in [0.1, 0.15) is 5.82 Å². The van der Waals surface area contributed by atoms with E-state index in [-0.39, 0.29) is 11.5 Å². The van der Waals surface area contributed by atoms with Crippen molar-refractivity contribution in [1.82, 2.24) is 4.90 Å². The Kier molecular flexibility index (Phi) is 3.01. The Balaban J connectivity index is 2.20. The molecule has 1 saturated heterocycles. The van der Waals surface area contributed by atoms with Gasteiger partial charge in [0.15, 0.2) is 0 Å². The van der Waals surface area contributed by atoms with Gasteiger partial charge in [-0.1, -0.05) is 6.07 Å². The first-order valence-electron chi connectivity index (χ1n) is 5.55. The summed E-state index contributed by atoms with van der Waals surface area (Å²) in [5.41, 5.74) is 6.80. The molecule has 4 heteroatoms. The van der Waals surface area contributed by atoms with Gasteiger partial charge in [-0.2, -0.15) is 0 Å². The van der Waals surface area contributed by atoms with Crippen molar-refractivity contribution in [1.29, 1.82) is 0 Å². The van der Waals surface area contributed by atoms with Crippen LogP contribution in [0.5, 0.6) is 0 Å². The molecule has 1 fully saturated rings. The number of para-hydroxylation sites is 1. The minimum absolute atomic E-state index is 0.250. The highest BCUT2D eigenvalue weighted by atomic mass is 19.1. The highest BCUT2D eigenvalue weighted by Crippen LogP contribution is 2.28. The van der Waals surface area contributed by atoms with Gasteiger partial charge in [-0.05, 0) is 32.1 Å². The first kappa shape index (κ1) is 11.2. The van der Waals surface area contributed by atoms with Crippen LogP contribution >= 0.6 is 0 Å². The van der Waals surface area contributed by atoms with Crippen molar-refractivity contribution in [2.75, 3.05) is 37.8 Å². The minimum atomic E-state index is -0.337. The molecule has 1 aliphatic rings. The average molecular weight is 223 g/mol. The van der Waals surface area contributed by atoms with Crippen molar-refractivity contribution in [3.05, 3.63) is 24.0 Å². The van der Waals surface area contributed by atoms with Gasteiger partial charge in [0.2, 0.25) is 0 Å². The normalized spacial score (nSPS) is 21.3. The molecule has 1 aromatic carbocycles. The number of nitrogens with zero attached hydrogens (tertiary/aromatic N) is 2. The quantitative estimate of drug-likeness (QED) is 0.772. The predicted molar refractivity (Wildman–Crippen MR) is 65.1 cm³/mol. The van der Waals surface area contributed by atoms with Crippen molar-refractivity contribution in [2.24, 2.45) is 0 Å². The summed E-state index contributed by atoms with van der Waals surface area (Å²) in [5, 5.41) is 0. The summed E-state index contributed by atoms with van der Waals surface area (Å²) in [5.74, 6) is -0.337. The number of halogens is 1. The maximum absolute atomic E-state index is 13.3. The highest BCUT2D eigenvalue weighted by Gasteiger charge is 2.24. The fourth-order valence-electron chi connectivity index (χ4n) is 2.26. The molecule has 0 aromatic heterocycles. The summed E-state index contributed by atoms with van der Waals surface area (Å²) in [4.78, 5) is 4.36. The molecule has 3 nitrogen and oxygen atoms in total. The number of anilines is 2. The molecule has 2 N–H and O–H groups in total. The van der Waals surface area contributed by atoms with E-state index in [4.69, 9.17) is 5.73 Å². The Labute approximate surface area is 95.6 Å². The van der Waals surface area contributed by atoms with E-state index in [1.54, 1.807) is 6.07 Å². The van der Waals surface area contributed by atoms with Crippen molar-refractivity contribution in [2.45, 2.75) is 12.5 Å². The van der Waals surface area contributed by atoms with Gasteiger partial charge >= 0.3 is 0 Å². The van der Waals surface area contributed by atoms with E-state index < -0.39 is 0 Å². The lowest BCUT2D eigenvalue weighted by atomic mass is 10.2. The fourth-order valence-corrected chi connectivity index (χ4v) is 2.26. The summed E-state index contributed by atoms with van der Waals surface area (Å²) >= 11 is 0. The molecule has 1 heterocycles. The molecule has 0 bridgehead atoms. The zero-order chi connectivity index (χ0) is 11.7. The second kappa shape index (κ2) is 4.29. The Morgan fingerprint density at radius 3 is 2.88 bits per heavy atom. The average Bonchev–Trinajstić information content (AvgIpc) is 2.68. The second-order valence-electron chi connectivity index (χ2n) is 4.49. The number of likely N-dealkylation sites (N-methyl/N-ethyl adjacent to an activating group) is 2. The molecule has 0 spiro atoms. The summed E-state index contributed by atoms with van der Waals surface area (Å²) in [7, 11) is 4.08. The summed E-state index contributed by atoms with van der Waals surface area (Å²) < 4.78 is 13.3. The second-order valence-corrected chi connectivity index (χ2v) is 4.49. The van der Waals surface area contributed by atoms with Crippen LogP contribution in [0.3, 0.4) is 0 Å². The number of likely N-dealkylation sites (tertiary alicyclic amines) is 1. The Bertz CT molecular complexity index is 381. The number of rotatable bonds is 2. The number of nitrogens with two attached hydrogens (primary N) is 1. The number of hydrogen-bond acceptors (Lipinski definition) is 3. The number of benzene rings is 1. The van der Waals surface area contributed by atoms with Crippen molar-refractivity contribution in [3.63, 3.8) is 0 Å². The van der Waals surface area contributed by atoms with Gasteiger partial charge in [-0.15, -0.1) is 0 Å². The first-order chi connectivity index (χ1) is 7.59. The molecule has 1 aliphatic heterocycles. The molecule has 1 aromatic rings. The van der Waals surface area contributed by atoms with Crippen LogP contribution in [-0.4, -0.2) is 38.1 Å². The molecule has 1 unspecified atom stereocenters. The van der Waals surface area contributed by atoms with Crippen molar-refractivity contribution >= 4 is 11.4 Å². The lowest BCUT2D eigenvalue weighted by Gasteiger charge is -2.27. The standard InChI is InChI=1S/C12H18FN3/c1-15-7-6-9(8-15)16(2)11-5-3-4-10(13)12(11)14/h3-5,9H,6-8,14H2,1-2H3. The largest absolute Gasteiger partial charge is 0.395 e. The summed E-state index contributed by atoms with van der Waals surface area (Å²) in [6.45, 7) is 2.09. The lowest BCUT2D eigenvalue weighted by molar-refractivity contribution is 0.409. The third-order valence-corrected chi connectivity index (χ3v) is 3.32. The molecule has 0 saturated carbocycles. The van der Waals surface area contributed by atoms with Gasteiger partial charge < -0.3 is 15.5 Å². The van der Waals surface area contributed by atoms with Gasteiger partial charge in [-0.3, -0.25) is 0 Å². The van der Waals surface area contributed by atoms with E-state index in [1.165, 1.54) is 6.07 Å². The third kappa shape index (κ3) is 1.97. The van der Waals surface area contributed by atoms with Crippen LogP contribution in [0.25, 0.3) is 0 Å². The molecule has 0 amide bonds. The molecule has 2 rings (SSSR count). The maximum atomic E-state index is 13.3. The van der Waals surface area contributed by atoms with E-state index in [0.29, 0.717) is 6.04 Å². The molecule has 0 aliphatic carbocycles. The molecule has 0 radical (unpaired) electrons. The number of hydrogen-bond donors (Lipinski definition) is 1. The van der Waals surface area contributed by atoms with Crippen LogP contribution in [0.2, 0.25) is 0 Å². The van der Waals surface area contributed by atoms with Gasteiger partial charge in [-0.25, -0.2) is 4.39 Å². The van der Waals surface area contributed by atoms with Crippen LogP contribution in [0.4, 0.5) is 15.8 Å². The SMILES string of the molecule is CN1CCC(N(C)c2cccc(F)c2N)C1. The van der Waals surface area contributed by atoms with E-state index in [2.05, 4.69) is 16.8 Å². The monoisotopic (exact) mass is 223 g/mol. The van der Waals surface area contributed by atoms with Crippen LogP contribution < -0.4 is 10.6 Å². The van der Waals surface area contributed by atoms with E-state index in [0.717, 1.165) is 25.2 Å². The Hall–Kier alpha value is -1.29.